The van der Waals surface area contributed by atoms with Gasteiger partial charge in [0.25, 0.3) is 5.19 Å². The van der Waals surface area contributed by atoms with Crippen LogP contribution < -0.4 is 9.47 Å². The van der Waals surface area contributed by atoms with Crippen LogP contribution in [-0.4, -0.2) is 33.8 Å². The predicted molar refractivity (Wildman–Crippen MR) is 159 cm³/mol. The standard InChI is InChI=1S/C29H23Cl2N3O3S2/c1-38-16-22-15-32-28(39-22)36-20-7-2-17(3-8-20)27-26-23(24-14-19(31)6-11-25(24)33-26)12-13-34(27)29(35)37-21-9-4-18(30)5-10-21/h2-11,14-15,27,33H,12-13,16H2,1H3/t27-/m0/s1. The Hall–Kier alpha value is -3.17. The average molecular weight is 597 g/mol. The first-order valence-corrected chi connectivity index (χ1v) is 15.2. The van der Waals surface area contributed by atoms with Gasteiger partial charge in [0.2, 0.25) is 0 Å². The molecule has 1 aliphatic heterocycles. The molecule has 3 aromatic carbocycles. The van der Waals surface area contributed by atoms with Gasteiger partial charge in [-0.15, -0.1) is 0 Å². The third kappa shape index (κ3) is 5.47. The van der Waals surface area contributed by atoms with Gasteiger partial charge in [0.05, 0.1) is 0 Å². The summed E-state index contributed by atoms with van der Waals surface area (Å²) in [7, 11) is 0. The summed E-state index contributed by atoms with van der Waals surface area (Å²) in [5, 5.41) is 2.92. The summed E-state index contributed by atoms with van der Waals surface area (Å²) in [4.78, 5) is 24.3. The number of nitrogens with one attached hydrogen (secondary N) is 1. The van der Waals surface area contributed by atoms with Crippen molar-refractivity contribution >= 4 is 63.3 Å². The van der Waals surface area contributed by atoms with E-state index in [0.717, 1.165) is 38.4 Å². The van der Waals surface area contributed by atoms with Crippen LogP contribution in [0.25, 0.3) is 10.9 Å². The maximum absolute atomic E-state index is 13.5. The van der Waals surface area contributed by atoms with E-state index >= 15 is 0 Å². The zero-order valence-electron chi connectivity index (χ0n) is 20.8. The molecule has 2 aromatic heterocycles. The Kier molecular flexibility index (Phi) is 7.44. The molecule has 3 heterocycles. The SMILES string of the molecule is CSCc1cnc(Oc2ccc([C@H]3c4[nH]c5ccc(Cl)cc5c4CCN3C(=O)Oc3ccc(Cl)cc3)cc2)s1. The van der Waals surface area contributed by atoms with Crippen molar-refractivity contribution in [1.29, 1.82) is 0 Å². The van der Waals surface area contributed by atoms with Gasteiger partial charge in [0.1, 0.15) is 17.5 Å². The number of carbonyl (C=O) groups is 1. The van der Waals surface area contributed by atoms with E-state index in [4.69, 9.17) is 32.7 Å². The van der Waals surface area contributed by atoms with E-state index in [2.05, 4.69) is 16.2 Å². The lowest BCUT2D eigenvalue weighted by molar-refractivity contribution is 0.135. The molecular weight excluding hydrogens is 573 g/mol. The highest BCUT2D eigenvalue weighted by molar-refractivity contribution is 7.97. The Morgan fingerprint density at radius 1 is 1.08 bits per heavy atom. The fraction of sp³-hybridized carbons (Fsp3) is 0.172. The number of ether oxygens (including phenoxy) is 2. The zero-order chi connectivity index (χ0) is 26.9. The molecule has 1 N–H and O–H groups in total. The second-order valence-corrected chi connectivity index (χ2v) is 11.9. The number of halogens is 2. The zero-order valence-corrected chi connectivity index (χ0v) is 24.0. The van der Waals surface area contributed by atoms with E-state index in [1.807, 2.05) is 48.7 Å². The van der Waals surface area contributed by atoms with Crippen molar-refractivity contribution in [3.05, 3.63) is 105 Å². The van der Waals surface area contributed by atoms with Crippen molar-refractivity contribution in [3.8, 4) is 16.7 Å². The number of fused-ring (bicyclic) bond motifs is 3. The number of nitrogens with zero attached hydrogens (tertiary/aromatic N) is 2. The van der Waals surface area contributed by atoms with Crippen LogP contribution in [0.2, 0.25) is 10.0 Å². The first kappa shape index (κ1) is 26.1. The van der Waals surface area contributed by atoms with E-state index in [0.29, 0.717) is 39.7 Å². The van der Waals surface area contributed by atoms with E-state index in [1.165, 1.54) is 11.3 Å². The lowest BCUT2D eigenvalue weighted by Gasteiger charge is -2.35. The van der Waals surface area contributed by atoms with E-state index in [9.17, 15) is 4.79 Å². The highest BCUT2D eigenvalue weighted by Gasteiger charge is 2.35. The largest absolute Gasteiger partial charge is 0.431 e. The predicted octanol–water partition coefficient (Wildman–Crippen LogP) is 8.73. The topological polar surface area (TPSA) is 67.5 Å². The van der Waals surface area contributed by atoms with Crippen molar-refractivity contribution in [3.63, 3.8) is 0 Å². The Balaban J connectivity index is 1.33. The molecule has 0 unspecified atom stereocenters. The number of rotatable bonds is 6. The smallest absolute Gasteiger partial charge is 0.416 e. The summed E-state index contributed by atoms with van der Waals surface area (Å²) >= 11 is 15.6. The van der Waals surface area contributed by atoms with Gasteiger partial charge in [0.15, 0.2) is 0 Å². The molecule has 10 heteroatoms. The van der Waals surface area contributed by atoms with Crippen molar-refractivity contribution in [1.82, 2.24) is 14.9 Å². The van der Waals surface area contributed by atoms with E-state index in [1.54, 1.807) is 40.9 Å². The number of aromatic amines is 1. The molecule has 198 valence electrons. The molecule has 5 aromatic rings. The molecule has 0 fully saturated rings. The number of hydrogen-bond acceptors (Lipinski definition) is 6. The number of amides is 1. The van der Waals surface area contributed by atoms with Gasteiger partial charge in [-0.25, -0.2) is 9.78 Å². The number of hydrogen-bond donors (Lipinski definition) is 1. The molecule has 1 aliphatic rings. The molecule has 0 aliphatic carbocycles. The Bertz CT molecular complexity index is 1630. The molecule has 6 rings (SSSR count). The molecular formula is C29H23Cl2N3O3S2. The minimum atomic E-state index is -0.436. The van der Waals surface area contributed by atoms with Crippen LogP contribution in [0.15, 0.2) is 72.9 Å². The van der Waals surface area contributed by atoms with Gasteiger partial charge in [-0.2, -0.15) is 11.8 Å². The lowest BCUT2D eigenvalue weighted by atomic mass is 9.92. The van der Waals surface area contributed by atoms with Crippen molar-refractivity contribution in [2.75, 3.05) is 12.8 Å². The van der Waals surface area contributed by atoms with Crippen LogP contribution in [-0.2, 0) is 12.2 Å². The number of H-pyrrole nitrogens is 1. The Labute approximate surface area is 243 Å². The molecule has 0 saturated carbocycles. The summed E-state index contributed by atoms with van der Waals surface area (Å²) in [5.74, 6) is 2.02. The van der Waals surface area contributed by atoms with E-state index < -0.39 is 6.09 Å². The minimum Gasteiger partial charge on any atom is -0.431 e. The van der Waals surface area contributed by atoms with Gasteiger partial charge in [-0.1, -0.05) is 46.7 Å². The van der Waals surface area contributed by atoms with Gasteiger partial charge in [-0.05, 0) is 78.4 Å². The Morgan fingerprint density at radius 2 is 1.82 bits per heavy atom. The van der Waals surface area contributed by atoms with Crippen LogP contribution in [0, 0.1) is 0 Å². The molecule has 0 bridgehead atoms. The summed E-state index contributed by atoms with van der Waals surface area (Å²) in [5.41, 5.74) is 4.00. The highest BCUT2D eigenvalue weighted by Crippen LogP contribution is 2.40. The fourth-order valence-corrected chi connectivity index (χ4v) is 6.65. The van der Waals surface area contributed by atoms with Gasteiger partial charge in [0, 0.05) is 50.0 Å². The molecule has 6 nitrogen and oxygen atoms in total. The molecule has 0 radical (unpaired) electrons. The van der Waals surface area contributed by atoms with Gasteiger partial charge < -0.3 is 14.5 Å². The second-order valence-electron chi connectivity index (χ2n) is 9.07. The second kappa shape index (κ2) is 11.1. The summed E-state index contributed by atoms with van der Waals surface area (Å²) in [6.07, 6.45) is 4.15. The first-order valence-electron chi connectivity index (χ1n) is 12.2. The summed E-state index contributed by atoms with van der Waals surface area (Å²) in [6.45, 7) is 0.485. The molecule has 1 amide bonds. The fourth-order valence-electron chi connectivity index (χ4n) is 4.83. The molecule has 39 heavy (non-hydrogen) atoms. The average Bonchev–Trinajstić information content (AvgIpc) is 3.54. The molecule has 0 spiro atoms. The number of thiazole rings is 1. The van der Waals surface area contributed by atoms with Crippen LogP contribution >= 0.6 is 46.3 Å². The number of carbonyl (C=O) groups excluding carboxylic acids is 1. The third-order valence-electron chi connectivity index (χ3n) is 6.56. The van der Waals surface area contributed by atoms with Crippen molar-refractivity contribution in [2.24, 2.45) is 0 Å². The Morgan fingerprint density at radius 3 is 2.59 bits per heavy atom. The quantitative estimate of drug-likeness (QED) is 0.212. The molecule has 1 atom stereocenters. The van der Waals surface area contributed by atoms with Crippen LogP contribution in [0.4, 0.5) is 4.79 Å². The maximum Gasteiger partial charge on any atom is 0.416 e. The maximum atomic E-state index is 13.5. The number of benzene rings is 3. The monoisotopic (exact) mass is 595 g/mol. The van der Waals surface area contributed by atoms with Crippen molar-refractivity contribution < 1.29 is 14.3 Å². The number of aromatic nitrogens is 2. The number of thioether (sulfide) groups is 1. The van der Waals surface area contributed by atoms with Crippen molar-refractivity contribution in [2.45, 2.75) is 18.2 Å². The van der Waals surface area contributed by atoms with Crippen LogP contribution in [0.3, 0.4) is 0 Å². The normalized spacial score (nSPS) is 14.8. The van der Waals surface area contributed by atoms with Crippen LogP contribution in [0.5, 0.6) is 16.7 Å². The van der Waals surface area contributed by atoms with E-state index in [-0.39, 0.29) is 6.04 Å². The highest BCUT2D eigenvalue weighted by atomic mass is 35.5. The summed E-state index contributed by atoms with van der Waals surface area (Å²) < 4.78 is 11.8. The summed E-state index contributed by atoms with van der Waals surface area (Å²) in [6, 6.07) is 20.0. The van der Waals surface area contributed by atoms with Gasteiger partial charge >= 0.3 is 6.09 Å². The first-order chi connectivity index (χ1) is 19.0. The lowest BCUT2D eigenvalue weighted by Crippen LogP contribution is -2.42. The third-order valence-corrected chi connectivity index (χ3v) is 8.71. The molecule has 0 saturated heterocycles. The van der Waals surface area contributed by atoms with Gasteiger partial charge in [-0.3, -0.25) is 4.90 Å². The van der Waals surface area contributed by atoms with Crippen LogP contribution in [0.1, 0.15) is 27.7 Å². The minimum absolute atomic E-state index is 0.387.